The first-order valence-corrected chi connectivity index (χ1v) is 13.5. The molecule has 1 aliphatic heterocycles. The molecule has 35 heavy (non-hydrogen) atoms. The summed E-state index contributed by atoms with van der Waals surface area (Å²) in [6, 6.07) is 7.70. The van der Waals surface area contributed by atoms with E-state index in [9.17, 15) is 9.90 Å². The van der Waals surface area contributed by atoms with Crippen molar-refractivity contribution in [3.8, 4) is 0 Å². The summed E-state index contributed by atoms with van der Waals surface area (Å²) >= 11 is 6.45. The molecule has 1 aliphatic carbocycles. The van der Waals surface area contributed by atoms with Crippen LogP contribution in [0, 0.1) is 16.7 Å². The third-order valence-corrected chi connectivity index (χ3v) is 7.89. The van der Waals surface area contributed by atoms with Gasteiger partial charge in [-0.05, 0) is 74.7 Å². The lowest BCUT2D eigenvalue weighted by Gasteiger charge is -2.47. The third-order valence-electron chi connectivity index (χ3n) is 7.65. The maximum absolute atomic E-state index is 13.5. The Morgan fingerprint density at radius 1 is 1.09 bits per heavy atom. The van der Waals surface area contributed by atoms with Crippen molar-refractivity contribution in [2.24, 2.45) is 21.7 Å². The summed E-state index contributed by atoms with van der Waals surface area (Å²) in [4.78, 5) is 20.3. The molecule has 2 unspecified atom stereocenters. The second-order valence-corrected chi connectivity index (χ2v) is 13.4. The fourth-order valence-corrected chi connectivity index (χ4v) is 5.79. The van der Waals surface area contributed by atoms with E-state index in [1.165, 1.54) is 0 Å². The molecule has 5 nitrogen and oxygen atoms in total. The van der Waals surface area contributed by atoms with E-state index >= 15 is 0 Å². The van der Waals surface area contributed by atoms with E-state index in [0.29, 0.717) is 11.5 Å². The molecule has 1 N–H and O–H groups in total. The van der Waals surface area contributed by atoms with Crippen molar-refractivity contribution in [2.75, 3.05) is 0 Å². The average Bonchev–Trinajstić information content (AvgIpc) is 2.97. The highest BCUT2D eigenvalue weighted by atomic mass is 35.5. The average molecular weight is 505 g/mol. The van der Waals surface area contributed by atoms with E-state index in [1.807, 2.05) is 43.0 Å². The summed E-state index contributed by atoms with van der Waals surface area (Å²) in [7, 11) is 0. The monoisotopic (exact) mass is 504 g/mol. The number of amides is 1. The van der Waals surface area contributed by atoms with Crippen LogP contribution in [0.4, 0.5) is 0 Å². The molecule has 1 amide bonds. The molecule has 2 aliphatic rings. The van der Waals surface area contributed by atoms with Gasteiger partial charge in [0.05, 0.1) is 12.1 Å². The number of benzene rings is 1. The van der Waals surface area contributed by atoms with Crippen molar-refractivity contribution >= 4 is 22.7 Å². The third kappa shape index (κ3) is 6.67. The maximum atomic E-state index is 13.5. The van der Waals surface area contributed by atoms with Crippen molar-refractivity contribution in [2.45, 2.75) is 118 Å². The molecular weight excluding hydrogens is 460 g/mol. The molecule has 1 aromatic rings. The van der Waals surface area contributed by atoms with Gasteiger partial charge in [0.25, 0.3) is 5.91 Å². The minimum absolute atomic E-state index is 0.0752. The van der Waals surface area contributed by atoms with Crippen molar-refractivity contribution in [1.82, 2.24) is 4.90 Å². The molecule has 3 rings (SSSR count). The van der Waals surface area contributed by atoms with Gasteiger partial charge < -0.3 is 14.7 Å². The zero-order valence-corrected chi connectivity index (χ0v) is 23.7. The Balaban J connectivity index is 1.94. The van der Waals surface area contributed by atoms with Gasteiger partial charge in [-0.15, -0.1) is 0 Å². The Bertz CT molecular complexity index is 903. The molecule has 1 heterocycles. The lowest BCUT2D eigenvalue weighted by Crippen LogP contribution is -2.51. The summed E-state index contributed by atoms with van der Waals surface area (Å²) < 4.78 is 5.54. The SMILES string of the molecule is CC(C)OC(O)c1ccc(C(CCC(C)(C)C)N2C(=O)C(Cl)=NC23CCC(C(C)(C)C)CC3)cc1. The van der Waals surface area contributed by atoms with Crippen LogP contribution in [-0.2, 0) is 9.53 Å². The van der Waals surface area contributed by atoms with Crippen molar-refractivity contribution < 1.29 is 14.6 Å². The number of rotatable bonds is 7. The van der Waals surface area contributed by atoms with E-state index in [0.717, 1.165) is 44.1 Å². The number of ether oxygens (including phenoxy) is 1. The Hall–Kier alpha value is -1.43. The van der Waals surface area contributed by atoms with E-state index in [4.69, 9.17) is 21.3 Å². The van der Waals surface area contributed by atoms with Crippen LogP contribution in [0.2, 0.25) is 0 Å². The van der Waals surface area contributed by atoms with Crippen LogP contribution < -0.4 is 0 Å². The predicted octanol–water partition coefficient (Wildman–Crippen LogP) is 7.38. The summed E-state index contributed by atoms with van der Waals surface area (Å²) in [6.45, 7) is 17.4. The summed E-state index contributed by atoms with van der Waals surface area (Å²) in [6.07, 6.45) is 4.47. The normalized spacial score (nSPS) is 25.3. The largest absolute Gasteiger partial charge is 0.364 e. The van der Waals surface area contributed by atoms with E-state index in [2.05, 4.69) is 41.5 Å². The first-order valence-electron chi connectivity index (χ1n) is 13.2. The predicted molar refractivity (Wildman–Crippen MR) is 143 cm³/mol. The number of aliphatic imine (C=N–C) groups is 1. The number of nitrogens with zero attached hydrogens (tertiary/aromatic N) is 2. The number of aliphatic hydroxyl groups is 1. The first kappa shape index (κ1) is 28.1. The van der Waals surface area contributed by atoms with Crippen LogP contribution in [0.1, 0.15) is 117 Å². The highest BCUT2D eigenvalue weighted by Crippen LogP contribution is 2.50. The molecular formula is C29H45ClN2O3. The lowest BCUT2D eigenvalue weighted by atomic mass is 9.69. The Morgan fingerprint density at radius 3 is 2.11 bits per heavy atom. The number of hydrogen-bond acceptors (Lipinski definition) is 4. The highest BCUT2D eigenvalue weighted by molar-refractivity contribution is 6.83. The van der Waals surface area contributed by atoms with Gasteiger partial charge in [0, 0.05) is 5.56 Å². The number of aliphatic hydroxyl groups excluding tert-OH is 1. The van der Waals surface area contributed by atoms with Crippen molar-refractivity contribution in [3.63, 3.8) is 0 Å². The Kier molecular flexibility index (Phi) is 8.45. The number of halogens is 1. The zero-order chi connectivity index (χ0) is 26.2. The summed E-state index contributed by atoms with van der Waals surface area (Å²) in [5.74, 6) is 0.446. The number of carbonyl (C=O) groups excluding carboxylic acids is 1. The molecule has 196 valence electrons. The van der Waals surface area contributed by atoms with Gasteiger partial charge in [-0.3, -0.25) is 4.79 Å². The van der Waals surface area contributed by atoms with Crippen LogP contribution >= 0.6 is 11.6 Å². The molecule has 1 aromatic carbocycles. The second-order valence-electron chi connectivity index (χ2n) is 13.0. The molecule has 1 saturated carbocycles. The maximum Gasteiger partial charge on any atom is 0.286 e. The van der Waals surface area contributed by atoms with Crippen LogP contribution in [-0.4, -0.2) is 32.9 Å². The summed E-state index contributed by atoms with van der Waals surface area (Å²) in [5, 5.41) is 10.5. The smallest absolute Gasteiger partial charge is 0.286 e. The molecule has 2 atom stereocenters. The van der Waals surface area contributed by atoms with Gasteiger partial charge in [-0.2, -0.15) is 0 Å². The molecule has 0 radical (unpaired) electrons. The van der Waals surface area contributed by atoms with Gasteiger partial charge in [-0.25, -0.2) is 4.99 Å². The first-order chi connectivity index (χ1) is 16.1. The highest BCUT2D eigenvalue weighted by Gasteiger charge is 2.52. The molecule has 1 fully saturated rings. The van der Waals surface area contributed by atoms with Gasteiger partial charge >= 0.3 is 0 Å². The van der Waals surface area contributed by atoms with Crippen LogP contribution in [0.3, 0.4) is 0 Å². The summed E-state index contributed by atoms with van der Waals surface area (Å²) in [5.41, 5.74) is 1.55. The van der Waals surface area contributed by atoms with Gasteiger partial charge in [0.2, 0.25) is 0 Å². The number of hydrogen-bond donors (Lipinski definition) is 1. The van der Waals surface area contributed by atoms with Crippen LogP contribution in [0.15, 0.2) is 29.3 Å². The van der Waals surface area contributed by atoms with Gasteiger partial charge in [0.1, 0.15) is 5.66 Å². The quantitative estimate of drug-likeness (QED) is 0.394. The minimum Gasteiger partial charge on any atom is -0.364 e. The van der Waals surface area contributed by atoms with E-state index < -0.39 is 12.0 Å². The van der Waals surface area contributed by atoms with E-state index in [1.54, 1.807) is 0 Å². The lowest BCUT2D eigenvalue weighted by molar-refractivity contribution is -0.134. The molecule has 0 aromatic heterocycles. The van der Waals surface area contributed by atoms with Crippen molar-refractivity contribution in [1.29, 1.82) is 0 Å². The molecule has 0 saturated heterocycles. The van der Waals surface area contributed by atoms with E-state index in [-0.39, 0.29) is 34.1 Å². The molecule has 1 spiro atoms. The fourth-order valence-electron chi connectivity index (χ4n) is 5.54. The molecule has 0 bridgehead atoms. The van der Waals surface area contributed by atoms with Crippen LogP contribution in [0.5, 0.6) is 0 Å². The Morgan fingerprint density at radius 2 is 1.63 bits per heavy atom. The minimum atomic E-state index is -0.970. The second kappa shape index (κ2) is 10.5. The zero-order valence-electron chi connectivity index (χ0n) is 22.9. The standard InChI is InChI=1S/C29H45ClN2O3/c1-19(2)35-26(34)21-11-9-20(10-12-21)23(15-16-27(3,4)5)32-25(33)24(30)31-29(32)17-13-22(14-18-29)28(6,7)8/h9-12,19,22-23,26,34H,13-18H2,1-8H3. The fraction of sp³-hybridized carbons (Fsp3) is 0.724. The Labute approximate surface area is 217 Å². The van der Waals surface area contributed by atoms with Gasteiger partial charge in [0.15, 0.2) is 11.5 Å². The topological polar surface area (TPSA) is 62.1 Å². The number of carbonyl (C=O) groups is 1. The molecule has 6 heteroatoms. The van der Waals surface area contributed by atoms with Crippen molar-refractivity contribution in [3.05, 3.63) is 35.4 Å². The van der Waals surface area contributed by atoms with Crippen LogP contribution in [0.25, 0.3) is 0 Å². The van der Waals surface area contributed by atoms with Gasteiger partial charge in [-0.1, -0.05) is 77.4 Å².